The molecule has 1 atom stereocenters. The van der Waals surface area contributed by atoms with Gasteiger partial charge in [-0.05, 0) is 12.0 Å². The number of carbonyl (C=O) groups excluding carboxylic acids is 2. The van der Waals surface area contributed by atoms with Crippen LogP contribution >= 0.6 is 0 Å². The summed E-state index contributed by atoms with van der Waals surface area (Å²) in [4.78, 5) is 24.7. The third-order valence-corrected chi connectivity index (χ3v) is 3.57. The van der Waals surface area contributed by atoms with Crippen LogP contribution in [-0.2, 0) is 4.79 Å². The van der Waals surface area contributed by atoms with Crippen LogP contribution in [0.25, 0.3) is 0 Å². The SMILES string of the molecule is CCCC(=O)[C@@H](CC(=O)c1ccccc1)c1ccccc1. The molecule has 2 heteroatoms. The lowest BCUT2D eigenvalue weighted by Gasteiger charge is -2.15. The number of rotatable bonds is 7. The molecule has 2 rings (SSSR count). The minimum Gasteiger partial charge on any atom is -0.299 e. The lowest BCUT2D eigenvalue weighted by molar-refractivity contribution is -0.120. The summed E-state index contributed by atoms with van der Waals surface area (Å²) in [7, 11) is 0. The van der Waals surface area contributed by atoms with Gasteiger partial charge in [0.15, 0.2) is 5.78 Å². The smallest absolute Gasteiger partial charge is 0.163 e. The molecule has 0 aliphatic rings. The number of hydrogen-bond acceptors (Lipinski definition) is 2. The molecule has 0 aromatic heterocycles. The second-order valence-corrected chi connectivity index (χ2v) is 5.17. The highest BCUT2D eigenvalue weighted by molar-refractivity contribution is 6.00. The Morgan fingerprint density at radius 2 is 1.48 bits per heavy atom. The summed E-state index contributed by atoms with van der Waals surface area (Å²) < 4.78 is 0. The fourth-order valence-electron chi connectivity index (χ4n) is 2.45. The van der Waals surface area contributed by atoms with Crippen molar-refractivity contribution in [1.29, 1.82) is 0 Å². The minimum atomic E-state index is -0.334. The summed E-state index contributed by atoms with van der Waals surface area (Å²) in [5, 5.41) is 0. The summed E-state index contributed by atoms with van der Waals surface area (Å²) in [6, 6.07) is 18.8. The number of ketones is 2. The summed E-state index contributed by atoms with van der Waals surface area (Å²) in [5.74, 6) is -0.166. The predicted molar refractivity (Wildman–Crippen MR) is 84.5 cm³/mol. The first-order valence-corrected chi connectivity index (χ1v) is 7.38. The van der Waals surface area contributed by atoms with Gasteiger partial charge in [0.05, 0.1) is 0 Å². The third kappa shape index (κ3) is 4.12. The largest absolute Gasteiger partial charge is 0.299 e. The Balaban J connectivity index is 2.20. The maximum Gasteiger partial charge on any atom is 0.163 e. The Hall–Kier alpha value is -2.22. The quantitative estimate of drug-likeness (QED) is 0.704. The van der Waals surface area contributed by atoms with Crippen LogP contribution in [0.2, 0.25) is 0 Å². The van der Waals surface area contributed by atoms with Crippen molar-refractivity contribution in [2.24, 2.45) is 0 Å². The van der Waals surface area contributed by atoms with Crippen molar-refractivity contribution in [3.05, 3.63) is 71.8 Å². The van der Waals surface area contributed by atoms with E-state index in [2.05, 4.69) is 0 Å². The van der Waals surface area contributed by atoms with Crippen LogP contribution in [0.5, 0.6) is 0 Å². The molecule has 0 amide bonds. The number of benzene rings is 2. The molecular formula is C19H20O2. The molecule has 0 fully saturated rings. The van der Waals surface area contributed by atoms with Crippen LogP contribution in [0.3, 0.4) is 0 Å². The molecule has 21 heavy (non-hydrogen) atoms. The molecule has 0 radical (unpaired) electrons. The molecule has 0 spiro atoms. The Morgan fingerprint density at radius 1 is 0.905 bits per heavy atom. The van der Waals surface area contributed by atoms with E-state index in [4.69, 9.17) is 0 Å². The molecule has 0 N–H and O–H groups in total. The maximum absolute atomic E-state index is 12.4. The summed E-state index contributed by atoms with van der Waals surface area (Å²) in [6.07, 6.45) is 1.57. The van der Waals surface area contributed by atoms with Crippen molar-refractivity contribution in [3.63, 3.8) is 0 Å². The van der Waals surface area contributed by atoms with Crippen molar-refractivity contribution in [2.75, 3.05) is 0 Å². The topological polar surface area (TPSA) is 34.1 Å². The molecule has 0 bridgehead atoms. The molecule has 0 aliphatic heterocycles. The Kier molecular flexibility index (Phi) is 5.44. The van der Waals surface area contributed by atoms with E-state index >= 15 is 0 Å². The fourth-order valence-corrected chi connectivity index (χ4v) is 2.45. The van der Waals surface area contributed by atoms with E-state index in [1.165, 1.54) is 0 Å². The van der Waals surface area contributed by atoms with Gasteiger partial charge < -0.3 is 0 Å². The molecule has 2 aromatic carbocycles. The van der Waals surface area contributed by atoms with Crippen LogP contribution in [0.1, 0.15) is 48.0 Å². The summed E-state index contributed by atoms with van der Waals surface area (Å²) >= 11 is 0. The zero-order chi connectivity index (χ0) is 15.1. The van der Waals surface area contributed by atoms with Crippen LogP contribution in [0, 0.1) is 0 Å². The normalized spacial score (nSPS) is 11.9. The standard InChI is InChI=1S/C19H20O2/c1-2-9-18(20)17(15-10-5-3-6-11-15)14-19(21)16-12-7-4-8-13-16/h3-8,10-13,17H,2,9,14H2,1H3/t17-/m0/s1. The molecule has 108 valence electrons. The van der Waals surface area contributed by atoms with Gasteiger partial charge in [0, 0.05) is 24.3 Å². The van der Waals surface area contributed by atoms with E-state index < -0.39 is 0 Å². The number of hydrogen-bond donors (Lipinski definition) is 0. The Morgan fingerprint density at radius 3 is 2.05 bits per heavy atom. The fraction of sp³-hybridized carbons (Fsp3) is 0.263. The first-order chi connectivity index (χ1) is 10.2. The van der Waals surface area contributed by atoms with Gasteiger partial charge in [-0.15, -0.1) is 0 Å². The predicted octanol–water partition coefficient (Wildman–Crippen LogP) is 4.41. The highest BCUT2D eigenvalue weighted by Crippen LogP contribution is 2.24. The van der Waals surface area contributed by atoms with Gasteiger partial charge in [-0.2, -0.15) is 0 Å². The van der Waals surface area contributed by atoms with E-state index in [9.17, 15) is 9.59 Å². The second-order valence-electron chi connectivity index (χ2n) is 5.17. The first kappa shape index (κ1) is 15.2. The van der Waals surface area contributed by atoms with Gasteiger partial charge in [0.25, 0.3) is 0 Å². The van der Waals surface area contributed by atoms with E-state index in [-0.39, 0.29) is 23.9 Å². The van der Waals surface area contributed by atoms with Crippen molar-refractivity contribution >= 4 is 11.6 Å². The van der Waals surface area contributed by atoms with Gasteiger partial charge >= 0.3 is 0 Å². The maximum atomic E-state index is 12.4. The lowest BCUT2D eigenvalue weighted by atomic mass is 9.86. The van der Waals surface area contributed by atoms with Crippen molar-refractivity contribution in [2.45, 2.75) is 32.1 Å². The average Bonchev–Trinajstić information content (AvgIpc) is 2.54. The second kappa shape index (κ2) is 7.53. The molecule has 0 aliphatic carbocycles. The van der Waals surface area contributed by atoms with Gasteiger partial charge in [-0.25, -0.2) is 0 Å². The number of carbonyl (C=O) groups is 2. The molecule has 0 unspecified atom stereocenters. The summed E-state index contributed by atoms with van der Waals surface area (Å²) in [5.41, 5.74) is 1.60. The molecular weight excluding hydrogens is 260 g/mol. The third-order valence-electron chi connectivity index (χ3n) is 3.57. The molecule has 2 nitrogen and oxygen atoms in total. The van der Waals surface area contributed by atoms with Crippen LogP contribution in [0.4, 0.5) is 0 Å². The summed E-state index contributed by atoms with van der Waals surface area (Å²) in [6.45, 7) is 1.99. The lowest BCUT2D eigenvalue weighted by Crippen LogP contribution is -2.16. The van der Waals surface area contributed by atoms with Crippen LogP contribution in [0.15, 0.2) is 60.7 Å². The molecule has 0 saturated carbocycles. The van der Waals surface area contributed by atoms with Crippen molar-refractivity contribution in [3.8, 4) is 0 Å². The molecule has 2 aromatic rings. The van der Waals surface area contributed by atoms with E-state index in [1.54, 1.807) is 12.1 Å². The zero-order valence-electron chi connectivity index (χ0n) is 12.3. The molecule has 0 heterocycles. The average molecular weight is 280 g/mol. The molecule has 0 saturated heterocycles. The highest BCUT2D eigenvalue weighted by Gasteiger charge is 2.23. The van der Waals surface area contributed by atoms with Gasteiger partial charge in [-0.3, -0.25) is 9.59 Å². The van der Waals surface area contributed by atoms with Crippen molar-refractivity contribution in [1.82, 2.24) is 0 Å². The van der Waals surface area contributed by atoms with Gasteiger partial charge in [0.2, 0.25) is 0 Å². The van der Waals surface area contributed by atoms with Gasteiger partial charge in [0.1, 0.15) is 5.78 Å². The minimum absolute atomic E-state index is 0.0221. The highest BCUT2D eigenvalue weighted by atomic mass is 16.1. The monoisotopic (exact) mass is 280 g/mol. The van der Waals surface area contributed by atoms with E-state index in [0.29, 0.717) is 12.0 Å². The zero-order valence-corrected chi connectivity index (χ0v) is 12.3. The first-order valence-electron chi connectivity index (χ1n) is 7.38. The van der Waals surface area contributed by atoms with E-state index in [0.717, 1.165) is 12.0 Å². The van der Waals surface area contributed by atoms with Crippen LogP contribution in [-0.4, -0.2) is 11.6 Å². The Bertz CT molecular complexity index is 587. The van der Waals surface area contributed by atoms with Crippen molar-refractivity contribution < 1.29 is 9.59 Å². The number of Topliss-reactive ketones (excluding diaryl/α,β-unsaturated/α-hetero) is 2. The Labute approximate surface area is 125 Å². The van der Waals surface area contributed by atoms with E-state index in [1.807, 2.05) is 55.5 Å². The van der Waals surface area contributed by atoms with Crippen LogP contribution < -0.4 is 0 Å². The van der Waals surface area contributed by atoms with Gasteiger partial charge in [-0.1, -0.05) is 67.6 Å².